The van der Waals surface area contributed by atoms with Crippen LogP contribution < -0.4 is 5.32 Å². The maximum atomic E-state index is 12.0. The molecule has 0 heterocycles. The highest BCUT2D eigenvalue weighted by Crippen LogP contribution is 2.13. The van der Waals surface area contributed by atoms with Gasteiger partial charge in [0, 0.05) is 0 Å². The van der Waals surface area contributed by atoms with E-state index in [-0.39, 0.29) is 11.5 Å². The zero-order valence-corrected chi connectivity index (χ0v) is 14.4. The Morgan fingerprint density at radius 3 is 2.27 bits per heavy atom. The minimum absolute atomic E-state index is 0.0857. The number of benzene rings is 1. The van der Waals surface area contributed by atoms with Gasteiger partial charge in [0.1, 0.15) is 5.60 Å². The zero-order valence-electron chi connectivity index (χ0n) is 13.5. The largest absolute Gasteiger partial charge is 0.444 e. The molecule has 0 aliphatic carbocycles. The van der Waals surface area contributed by atoms with E-state index in [0.717, 1.165) is 5.56 Å². The Morgan fingerprint density at radius 2 is 1.77 bits per heavy atom. The van der Waals surface area contributed by atoms with Crippen LogP contribution in [0.4, 0.5) is 4.79 Å². The SMILES string of the molecule is Cc1ccc(S(=O)(=O)OCC(C)NC(=O)OC(C)(C)C)cc1. The van der Waals surface area contributed by atoms with E-state index < -0.39 is 27.9 Å². The van der Waals surface area contributed by atoms with Gasteiger partial charge in [0.05, 0.1) is 17.5 Å². The predicted molar refractivity (Wildman–Crippen MR) is 83.1 cm³/mol. The second-order valence-corrected chi connectivity index (χ2v) is 7.71. The first-order valence-electron chi connectivity index (χ1n) is 6.95. The van der Waals surface area contributed by atoms with Gasteiger partial charge in [-0.25, -0.2) is 4.79 Å². The average molecular weight is 329 g/mol. The molecule has 0 spiro atoms. The van der Waals surface area contributed by atoms with Crippen molar-refractivity contribution in [2.75, 3.05) is 6.61 Å². The van der Waals surface area contributed by atoms with E-state index in [4.69, 9.17) is 8.92 Å². The van der Waals surface area contributed by atoms with Crippen molar-refractivity contribution in [1.82, 2.24) is 5.32 Å². The number of nitrogens with one attached hydrogen (secondary N) is 1. The molecule has 0 saturated heterocycles. The molecular formula is C15H23NO5S. The highest BCUT2D eigenvalue weighted by atomic mass is 32.2. The topological polar surface area (TPSA) is 81.7 Å². The summed E-state index contributed by atoms with van der Waals surface area (Å²) >= 11 is 0. The van der Waals surface area contributed by atoms with Crippen LogP contribution in [0.15, 0.2) is 29.2 Å². The Balaban J connectivity index is 2.54. The van der Waals surface area contributed by atoms with Crippen LogP contribution in [0.2, 0.25) is 0 Å². The molecule has 0 aliphatic rings. The summed E-state index contributed by atoms with van der Waals surface area (Å²) in [6.45, 7) is 8.56. The summed E-state index contributed by atoms with van der Waals surface area (Å²) in [6.07, 6.45) is -0.615. The van der Waals surface area contributed by atoms with Crippen molar-refractivity contribution >= 4 is 16.2 Å². The molecule has 0 fully saturated rings. The van der Waals surface area contributed by atoms with E-state index in [1.807, 2.05) is 6.92 Å². The van der Waals surface area contributed by atoms with Crippen LogP contribution in [-0.4, -0.2) is 32.8 Å². The Morgan fingerprint density at radius 1 is 1.23 bits per heavy atom. The van der Waals surface area contributed by atoms with Crippen molar-refractivity contribution in [2.24, 2.45) is 0 Å². The lowest BCUT2D eigenvalue weighted by Crippen LogP contribution is -2.40. The van der Waals surface area contributed by atoms with Crippen molar-refractivity contribution in [3.05, 3.63) is 29.8 Å². The summed E-state index contributed by atoms with van der Waals surface area (Å²) in [4.78, 5) is 11.6. The lowest BCUT2D eigenvalue weighted by atomic mass is 10.2. The maximum Gasteiger partial charge on any atom is 0.407 e. The molecule has 124 valence electrons. The summed E-state index contributed by atoms with van der Waals surface area (Å²) in [6, 6.07) is 5.85. The quantitative estimate of drug-likeness (QED) is 0.840. The zero-order chi connectivity index (χ0) is 17.0. The van der Waals surface area contributed by atoms with Crippen LogP contribution in [0, 0.1) is 6.92 Å². The number of ether oxygens (including phenoxy) is 1. The lowest BCUT2D eigenvalue weighted by Gasteiger charge is -2.21. The molecule has 0 aromatic heterocycles. The third kappa shape index (κ3) is 6.44. The molecule has 0 saturated carbocycles. The smallest absolute Gasteiger partial charge is 0.407 e. The predicted octanol–water partition coefficient (Wildman–Crippen LogP) is 2.61. The van der Waals surface area contributed by atoms with Crippen molar-refractivity contribution in [3.8, 4) is 0 Å². The van der Waals surface area contributed by atoms with Crippen LogP contribution in [0.5, 0.6) is 0 Å². The van der Waals surface area contributed by atoms with E-state index >= 15 is 0 Å². The summed E-state index contributed by atoms with van der Waals surface area (Å²) in [7, 11) is -3.84. The summed E-state index contributed by atoms with van der Waals surface area (Å²) in [5.74, 6) is 0. The van der Waals surface area contributed by atoms with E-state index in [1.165, 1.54) is 12.1 Å². The molecule has 6 nitrogen and oxygen atoms in total. The van der Waals surface area contributed by atoms with Gasteiger partial charge in [-0.15, -0.1) is 0 Å². The average Bonchev–Trinajstić information content (AvgIpc) is 2.34. The fourth-order valence-electron chi connectivity index (χ4n) is 1.52. The molecule has 1 N–H and O–H groups in total. The minimum atomic E-state index is -3.84. The van der Waals surface area contributed by atoms with Gasteiger partial charge in [-0.1, -0.05) is 17.7 Å². The molecule has 0 bridgehead atoms. The molecule has 1 rings (SSSR count). The Labute approximate surface area is 131 Å². The molecule has 1 unspecified atom stereocenters. The highest BCUT2D eigenvalue weighted by molar-refractivity contribution is 7.86. The Bertz CT molecular complexity index is 602. The van der Waals surface area contributed by atoms with Gasteiger partial charge in [0.2, 0.25) is 0 Å². The Kier molecular flexibility index (Phi) is 5.96. The van der Waals surface area contributed by atoms with Gasteiger partial charge in [-0.2, -0.15) is 8.42 Å². The number of alkyl carbamates (subject to hydrolysis) is 1. The number of amides is 1. The van der Waals surface area contributed by atoms with Gasteiger partial charge in [0.25, 0.3) is 10.1 Å². The number of carbonyl (C=O) groups is 1. The van der Waals surface area contributed by atoms with Crippen molar-refractivity contribution < 1.29 is 22.1 Å². The monoisotopic (exact) mass is 329 g/mol. The standard InChI is InChI=1S/C15H23NO5S/c1-11-6-8-13(9-7-11)22(18,19)20-10-12(2)16-14(17)21-15(3,4)5/h6-9,12H,10H2,1-5H3,(H,16,17). The maximum absolute atomic E-state index is 12.0. The summed E-state index contributed by atoms with van der Waals surface area (Å²) < 4.78 is 34.0. The van der Waals surface area contributed by atoms with Gasteiger partial charge >= 0.3 is 6.09 Å². The summed E-state index contributed by atoms with van der Waals surface area (Å²) in [5, 5.41) is 2.52. The molecule has 1 aromatic rings. The van der Waals surface area contributed by atoms with Gasteiger partial charge in [-0.05, 0) is 46.8 Å². The van der Waals surface area contributed by atoms with E-state index in [2.05, 4.69) is 5.32 Å². The van der Waals surface area contributed by atoms with Crippen LogP contribution >= 0.6 is 0 Å². The van der Waals surface area contributed by atoms with Crippen LogP contribution in [0.25, 0.3) is 0 Å². The fourth-order valence-corrected chi connectivity index (χ4v) is 2.50. The van der Waals surface area contributed by atoms with E-state index in [9.17, 15) is 13.2 Å². The second-order valence-electron chi connectivity index (χ2n) is 6.10. The van der Waals surface area contributed by atoms with Crippen LogP contribution in [0.1, 0.15) is 33.3 Å². The number of hydrogen-bond donors (Lipinski definition) is 1. The second kappa shape index (κ2) is 7.11. The molecule has 22 heavy (non-hydrogen) atoms. The van der Waals surface area contributed by atoms with Gasteiger partial charge < -0.3 is 10.1 Å². The van der Waals surface area contributed by atoms with Crippen LogP contribution in [-0.2, 0) is 19.0 Å². The summed E-state index contributed by atoms with van der Waals surface area (Å²) in [5.41, 5.74) is 0.345. The molecule has 1 aromatic carbocycles. The lowest BCUT2D eigenvalue weighted by molar-refractivity contribution is 0.0494. The van der Waals surface area contributed by atoms with Crippen molar-refractivity contribution in [2.45, 2.75) is 51.2 Å². The molecule has 0 aliphatic heterocycles. The first-order chi connectivity index (χ1) is 9.99. The van der Waals surface area contributed by atoms with Crippen molar-refractivity contribution in [3.63, 3.8) is 0 Å². The highest BCUT2D eigenvalue weighted by Gasteiger charge is 2.20. The van der Waals surface area contributed by atoms with Crippen LogP contribution in [0.3, 0.4) is 0 Å². The fraction of sp³-hybridized carbons (Fsp3) is 0.533. The first-order valence-corrected chi connectivity index (χ1v) is 8.36. The molecule has 1 amide bonds. The van der Waals surface area contributed by atoms with Gasteiger partial charge in [-0.3, -0.25) is 4.18 Å². The van der Waals surface area contributed by atoms with E-state index in [0.29, 0.717) is 0 Å². The van der Waals surface area contributed by atoms with Crippen molar-refractivity contribution in [1.29, 1.82) is 0 Å². The molecule has 0 radical (unpaired) electrons. The number of rotatable bonds is 5. The third-order valence-electron chi connectivity index (χ3n) is 2.55. The normalized spacial score (nSPS) is 13.5. The molecule has 7 heteroatoms. The van der Waals surface area contributed by atoms with E-state index in [1.54, 1.807) is 39.8 Å². The number of carbonyl (C=O) groups excluding carboxylic acids is 1. The van der Waals surface area contributed by atoms with Gasteiger partial charge in [0.15, 0.2) is 0 Å². The molecule has 1 atom stereocenters. The minimum Gasteiger partial charge on any atom is -0.444 e. The number of hydrogen-bond acceptors (Lipinski definition) is 5. The third-order valence-corrected chi connectivity index (χ3v) is 3.84. The molecular weight excluding hydrogens is 306 g/mol. The first kappa shape index (κ1) is 18.4. The Hall–Kier alpha value is -1.60. The number of aryl methyl sites for hydroxylation is 1.